The molecule has 0 aromatic carbocycles. The number of aromatic nitrogens is 2. The van der Waals surface area contributed by atoms with E-state index in [0.29, 0.717) is 4.60 Å². The standard InChI is InChI=1S/C7H10BrN3O2S/c8-6-4-7(14(9,12)13)11(10-6)5-2-1-3-5/h4-5H,1-3H2,(H2,9,12,13). The smallest absolute Gasteiger partial charge is 0.249 e. The number of sulfonamides is 1. The van der Waals surface area contributed by atoms with Crippen molar-refractivity contribution in [3.8, 4) is 0 Å². The molecule has 0 atom stereocenters. The molecule has 0 aliphatic heterocycles. The quantitative estimate of drug-likeness (QED) is 0.878. The van der Waals surface area contributed by atoms with Crippen LogP contribution in [0.3, 0.4) is 0 Å². The van der Waals surface area contributed by atoms with E-state index in [1.165, 1.54) is 10.7 Å². The fourth-order valence-electron chi connectivity index (χ4n) is 1.45. The molecule has 0 saturated heterocycles. The number of rotatable bonds is 2. The van der Waals surface area contributed by atoms with E-state index in [-0.39, 0.29) is 11.1 Å². The number of nitrogens with zero attached hydrogens (tertiary/aromatic N) is 2. The zero-order valence-electron chi connectivity index (χ0n) is 7.35. The highest BCUT2D eigenvalue weighted by Crippen LogP contribution is 2.33. The van der Waals surface area contributed by atoms with E-state index < -0.39 is 10.0 Å². The first-order valence-corrected chi connectivity index (χ1v) is 6.60. The Bertz CT molecular complexity index is 450. The van der Waals surface area contributed by atoms with E-state index in [9.17, 15) is 8.42 Å². The van der Waals surface area contributed by atoms with Crippen molar-refractivity contribution in [3.63, 3.8) is 0 Å². The van der Waals surface area contributed by atoms with Crippen molar-refractivity contribution >= 4 is 26.0 Å². The van der Waals surface area contributed by atoms with Crippen LogP contribution >= 0.6 is 15.9 Å². The van der Waals surface area contributed by atoms with Crippen LogP contribution in [0.5, 0.6) is 0 Å². The van der Waals surface area contributed by atoms with Crippen LogP contribution in [0.25, 0.3) is 0 Å². The molecule has 1 heterocycles. The molecule has 0 radical (unpaired) electrons. The lowest BCUT2D eigenvalue weighted by molar-refractivity contribution is 0.270. The summed E-state index contributed by atoms with van der Waals surface area (Å²) in [5.41, 5.74) is 0. The third-order valence-electron chi connectivity index (χ3n) is 2.38. The van der Waals surface area contributed by atoms with Gasteiger partial charge in [0, 0.05) is 6.07 Å². The van der Waals surface area contributed by atoms with Crippen molar-refractivity contribution in [2.24, 2.45) is 5.14 Å². The topological polar surface area (TPSA) is 78.0 Å². The summed E-state index contributed by atoms with van der Waals surface area (Å²) in [4.78, 5) is 0. The lowest BCUT2D eigenvalue weighted by Crippen LogP contribution is -2.24. The van der Waals surface area contributed by atoms with Crippen LogP contribution in [0.2, 0.25) is 0 Å². The van der Waals surface area contributed by atoms with Gasteiger partial charge in [0.2, 0.25) is 0 Å². The zero-order valence-corrected chi connectivity index (χ0v) is 9.75. The molecule has 0 unspecified atom stereocenters. The molecule has 0 spiro atoms. The Morgan fingerprint density at radius 3 is 2.64 bits per heavy atom. The van der Waals surface area contributed by atoms with Crippen LogP contribution in [0.4, 0.5) is 0 Å². The van der Waals surface area contributed by atoms with Crippen LogP contribution in [-0.4, -0.2) is 18.2 Å². The molecule has 1 aromatic rings. The second-order valence-corrected chi connectivity index (χ2v) is 5.70. The van der Waals surface area contributed by atoms with Gasteiger partial charge in [-0.1, -0.05) is 0 Å². The number of hydrogen-bond acceptors (Lipinski definition) is 3. The lowest BCUT2D eigenvalue weighted by Gasteiger charge is -2.26. The van der Waals surface area contributed by atoms with Gasteiger partial charge in [-0.05, 0) is 35.2 Å². The molecule has 1 saturated carbocycles. The SMILES string of the molecule is NS(=O)(=O)c1cc(Br)nn1C1CCC1. The molecular weight excluding hydrogens is 270 g/mol. The van der Waals surface area contributed by atoms with E-state index in [1.807, 2.05) is 0 Å². The summed E-state index contributed by atoms with van der Waals surface area (Å²) in [6, 6.07) is 1.63. The highest BCUT2D eigenvalue weighted by atomic mass is 79.9. The lowest BCUT2D eigenvalue weighted by atomic mass is 9.93. The molecule has 0 bridgehead atoms. The third-order valence-corrected chi connectivity index (χ3v) is 3.66. The fourth-order valence-corrected chi connectivity index (χ4v) is 2.72. The molecule has 14 heavy (non-hydrogen) atoms. The Kier molecular flexibility index (Phi) is 2.40. The minimum atomic E-state index is -3.66. The van der Waals surface area contributed by atoms with Gasteiger partial charge in [-0.3, -0.25) is 0 Å². The Labute approximate surface area is 90.5 Å². The second kappa shape index (κ2) is 3.32. The van der Waals surface area contributed by atoms with Crippen LogP contribution in [0.1, 0.15) is 25.3 Å². The van der Waals surface area contributed by atoms with Gasteiger partial charge in [0.1, 0.15) is 4.60 Å². The maximum atomic E-state index is 11.2. The van der Waals surface area contributed by atoms with E-state index in [2.05, 4.69) is 21.0 Å². The first kappa shape index (κ1) is 10.1. The molecule has 1 fully saturated rings. The van der Waals surface area contributed by atoms with Crippen molar-refractivity contribution in [1.29, 1.82) is 0 Å². The Hall–Kier alpha value is -0.400. The number of nitrogens with two attached hydrogens (primary N) is 1. The summed E-state index contributed by atoms with van der Waals surface area (Å²) in [6.07, 6.45) is 3.06. The number of hydrogen-bond donors (Lipinski definition) is 1. The molecule has 7 heteroatoms. The molecular formula is C7H10BrN3O2S. The van der Waals surface area contributed by atoms with Crippen LogP contribution in [0, 0.1) is 0 Å². The highest BCUT2D eigenvalue weighted by Gasteiger charge is 2.27. The van der Waals surface area contributed by atoms with Crippen molar-refractivity contribution in [2.75, 3.05) is 0 Å². The predicted molar refractivity (Wildman–Crippen MR) is 54.2 cm³/mol. The van der Waals surface area contributed by atoms with Gasteiger partial charge in [-0.2, -0.15) is 5.10 Å². The highest BCUT2D eigenvalue weighted by molar-refractivity contribution is 9.10. The summed E-state index contributed by atoms with van der Waals surface area (Å²) >= 11 is 3.15. The first-order valence-electron chi connectivity index (χ1n) is 4.26. The largest absolute Gasteiger partial charge is 0.255 e. The monoisotopic (exact) mass is 279 g/mol. The van der Waals surface area contributed by atoms with Crippen molar-refractivity contribution in [2.45, 2.75) is 30.3 Å². The minimum Gasteiger partial charge on any atom is -0.249 e. The molecule has 1 aliphatic rings. The first-order chi connectivity index (χ1) is 6.48. The summed E-state index contributed by atoms with van der Waals surface area (Å²) in [7, 11) is -3.66. The molecule has 1 aromatic heterocycles. The maximum Gasteiger partial charge on any atom is 0.255 e. The summed E-state index contributed by atoms with van der Waals surface area (Å²) in [6.45, 7) is 0. The van der Waals surface area contributed by atoms with Crippen molar-refractivity contribution in [1.82, 2.24) is 9.78 Å². The predicted octanol–water partition coefficient (Wildman–Crippen LogP) is 1.02. The second-order valence-electron chi connectivity index (χ2n) is 3.38. The average molecular weight is 280 g/mol. The summed E-state index contributed by atoms with van der Waals surface area (Å²) in [5, 5.41) is 9.24. The molecule has 0 amide bonds. The van der Waals surface area contributed by atoms with E-state index in [4.69, 9.17) is 5.14 Å². The Morgan fingerprint density at radius 2 is 2.21 bits per heavy atom. The van der Waals surface area contributed by atoms with Crippen molar-refractivity contribution in [3.05, 3.63) is 10.7 Å². The van der Waals surface area contributed by atoms with Gasteiger partial charge in [0.15, 0.2) is 5.03 Å². The number of halogens is 1. The van der Waals surface area contributed by atoms with E-state index in [1.54, 1.807) is 0 Å². The normalized spacial score (nSPS) is 18.1. The van der Waals surface area contributed by atoms with Crippen LogP contribution in [0.15, 0.2) is 15.7 Å². The molecule has 78 valence electrons. The Morgan fingerprint density at radius 1 is 1.57 bits per heavy atom. The number of primary sulfonamides is 1. The summed E-state index contributed by atoms with van der Waals surface area (Å²) < 4.78 is 24.4. The van der Waals surface area contributed by atoms with E-state index in [0.717, 1.165) is 19.3 Å². The van der Waals surface area contributed by atoms with Crippen LogP contribution < -0.4 is 5.14 Å². The minimum absolute atomic E-state index is 0.0917. The Balaban J connectivity index is 2.48. The molecule has 2 N–H and O–H groups in total. The summed E-state index contributed by atoms with van der Waals surface area (Å²) in [5.74, 6) is 0. The zero-order chi connectivity index (χ0) is 10.3. The van der Waals surface area contributed by atoms with Gasteiger partial charge in [0.05, 0.1) is 6.04 Å². The fraction of sp³-hybridized carbons (Fsp3) is 0.571. The third kappa shape index (κ3) is 1.71. The molecule has 1 aliphatic carbocycles. The van der Waals surface area contributed by atoms with Gasteiger partial charge in [-0.15, -0.1) is 0 Å². The van der Waals surface area contributed by atoms with Gasteiger partial charge in [-0.25, -0.2) is 18.2 Å². The van der Waals surface area contributed by atoms with Gasteiger partial charge >= 0.3 is 0 Å². The van der Waals surface area contributed by atoms with Crippen molar-refractivity contribution < 1.29 is 8.42 Å². The van der Waals surface area contributed by atoms with Crippen LogP contribution in [-0.2, 0) is 10.0 Å². The molecule has 5 nitrogen and oxygen atoms in total. The molecule has 2 rings (SSSR count). The average Bonchev–Trinajstić information content (AvgIpc) is 2.26. The maximum absolute atomic E-state index is 11.2. The van der Waals surface area contributed by atoms with Gasteiger partial charge in [0.25, 0.3) is 10.0 Å². The van der Waals surface area contributed by atoms with Gasteiger partial charge < -0.3 is 0 Å². The van der Waals surface area contributed by atoms with E-state index >= 15 is 0 Å².